The molecular weight excluding hydrogens is 285 g/mol. The van der Waals surface area contributed by atoms with Crippen molar-refractivity contribution in [2.45, 2.75) is 19.9 Å². The molecule has 2 N–H and O–H groups in total. The molecular formula is C12H11ClFN5O. The molecule has 0 spiro atoms. The van der Waals surface area contributed by atoms with Crippen LogP contribution in [0, 0.1) is 12.7 Å². The summed E-state index contributed by atoms with van der Waals surface area (Å²) in [6.45, 7) is 2.24. The molecule has 0 atom stereocenters. The summed E-state index contributed by atoms with van der Waals surface area (Å²) in [5.74, 6) is 0.861. The monoisotopic (exact) mass is 295 g/mol. The lowest BCUT2D eigenvalue weighted by molar-refractivity contribution is 0.369. The Morgan fingerprint density at radius 2 is 2.20 bits per heavy atom. The van der Waals surface area contributed by atoms with Crippen molar-refractivity contribution < 1.29 is 8.91 Å². The lowest BCUT2D eigenvalue weighted by atomic mass is 10.3. The number of aromatic nitrogens is 4. The Hall–Kier alpha value is -2.15. The molecule has 0 aliphatic rings. The maximum atomic E-state index is 13.4. The molecule has 3 aromatic rings. The normalized spacial score (nSPS) is 11.3. The number of anilines is 1. The highest BCUT2D eigenvalue weighted by Crippen LogP contribution is 2.25. The van der Waals surface area contributed by atoms with E-state index in [0.29, 0.717) is 35.7 Å². The van der Waals surface area contributed by atoms with Gasteiger partial charge in [0.1, 0.15) is 5.82 Å². The summed E-state index contributed by atoms with van der Waals surface area (Å²) in [6.07, 6.45) is 0.505. The third-order valence-corrected chi connectivity index (χ3v) is 3.23. The van der Waals surface area contributed by atoms with Gasteiger partial charge in [-0.2, -0.15) is 4.98 Å². The second-order valence-electron chi connectivity index (χ2n) is 4.36. The number of fused-ring (bicyclic) bond motifs is 1. The zero-order chi connectivity index (χ0) is 14.3. The Morgan fingerprint density at radius 1 is 1.40 bits per heavy atom. The van der Waals surface area contributed by atoms with Crippen LogP contribution in [-0.4, -0.2) is 19.7 Å². The van der Waals surface area contributed by atoms with Gasteiger partial charge in [0.05, 0.1) is 16.1 Å². The zero-order valence-electron chi connectivity index (χ0n) is 10.6. The lowest BCUT2D eigenvalue weighted by Gasteiger charge is -2.04. The quantitative estimate of drug-likeness (QED) is 0.802. The number of imidazole rings is 1. The third-order valence-electron chi connectivity index (χ3n) is 2.94. The fourth-order valence-electron chi connectivity index (χ4n) is 2.02. The predicted molar refractivity (Wildman–Crippen MR) is 71.9 cm³/mol. The smallest absolute Gasteiger partial charge is 0.228 e. The molecule has 0 radical (unpaired) electrons. The molecule has 0 saturated carbocycles. The van der Waals surface area contributed by atoms with Gasteiger partial charge in [0.2, 0.25) is 11.8 Å². The average Bonchev–Trinajstić information content (AvgIpc) is 2.92. The maximum absolute atomic E-state index is 13.4. The van der Waals surface area contributed by atoms with Crippen LogP contribution < -0.4 is 5.73 Å². The molecule has 2 heterocycles. The van der Waals surface area contributed by atoms with Crippen LogP contribution in [-0.2, 0) is 13.0 Å². The number of aryl methyl sites for hydroxylation is 3. The molecule has 1 aromatic carbocycles. The molecule has 104 valence electrons. The summed E-state index contributed by atoms with van der Waals surface area (Å²) in [5.41, 5.74) is 6.98. The molecule has 0 amide bonds. The minimum Gasteiger partial charge on any atom is -0.369 e. The molecule has 3 rings (SSSR count). The Kier molecular flexibility index (Phi) is 3.06. The van der Waals surface area contributed by atoms with Crippen LogP contribution in [0.3, 0.4) is 0 Å². The van der Waals surface area contributed by atoms with Gasteiger partial charge in [0.25, 0.3) is 0 Å². The lowest BCUT2D eigenvalue weighted by Crippen LogP contribution is -2.06. The first kappa shape index (κ1) is 12.9. The minimum absolute atomic E-state index is 0.0345. The van der Waals surface area contributed by atoms with Gasteiger partial charge in [-0.15, -0.1) is 0 Å². The molecule has 0 aliphatic heterocycles. The van der Waals surface area contributed by atoms with Crippen LogP contribution >= 0.6 is 11.6 Å². The van der Waals surface area contributed by atoms with Crippen LogP contribution in [0.25, 0.3) is 11.0 Å². The topological polar surface area (TPSA) is 82.8 Å². The molecule has 0 fully saturated rings. The minimum atomic E-state index is -0.517. The van der Waals surface area contributed by atoms with E-state index < -0.39 is 5.82 Å². The summed E-state index contributed by atoms with van der Waals surface area (Å²) in [4.78, 5) is 8.22. The Bertz CT molecular complexity index is 782. The van der Waals surface area contributed by atoms with Gasteiger partial charge in [-0.05, 0) is 13.0 Å². The fraction of sp³-hybridized carbons (Fsp3) is 0.250. The second kappa shape index (κ2) is 4.75. The van der Waals surface area contributed by atoms with E-state index >= 15 is 0 Å². The molecule has 0 aliphatic carbocycles. The molecule has 8 heteroatoms. The zero-order valence-corrected chi connectivity index (χ0v) is 11.4. The first-order valence-corrected chi connectivity index (χ1v) is 6.32. The predicted octanol–water partition coefficient (Wildman–Crippen LogP) is 2.35. The standard InChI is InChI=1S/C12H11ClFN5O/c1-6-16-11(20-18-6)2-3-19-10-4-7(13)8(14)5-9(10)17-12(19)15/h4-5H,2-3H2,1H3,(H2,15,17). The van der Waals surface area contributed by atoms with Crippen molar-refractivity contribution in [1.29, 1.82) is 0 Å². The first-order valence-electron chi connectivity index (χ1n) is 5.94. The second-order valence-corrected chi connectivity index (χ2v) is 4.77. The van der Waals surface area contributed by atoms with E-state index in [9.17, 15) is 4.39 Å². The number of rotatable bonds is 3. The van der Waals surface area contributed by atoms with Crippen molar-refractivity contribution >= 4 is 28.6 Å². The Balaban J connectivity index is 1.94. The summed E-state index contributed by atoms with van der Waals surface area (Å²) >= 11 is 5.79. The number of benzene rings is 1. The van der Waals surface area contributed by atoms with Gasteiger partial charge in [0.15, 0.2) is 5.82 Å². The van der Waals surface area contributed by atoms with Crippen LogP contribution in [0.15, 0.2) is 16.7 Å². The number of hydrogen-bond donors (Lipinski definition) is 1. The number of nitrogen functional groups attached to an aromatic ring is 1. The Labute approximate surface area is 118 Å². The molecule has 0 saturated heterocycles. The van der Waals surface area contributed by atoms with Crippen molar-refractivity contribution in [3.63, 3.8) is 0 Å². The van der Waals surface area contributed by atoms with Crippen molar-refractivity contribution in [2.75, 3.05) is 5.73 Å². The van der Waals surface area contributed by atoms with Crippen LogP contribution in [0.1, 0.15) is 11.7 Å². The summed E-state index contributed by atoms with van der Waals surface area (Å²) in [5, 5.41) is 3.75. The number of hydrogen-bond acceptors (Lipinski definition) is 5. The van der Waals surface area contributed by atoms with Crippen molar-refractivity contribution in [3.05, 3.63) is 34.7 Å². The maximum Gasteiger partial charge on any atom is 0.228 e. The molecule has 2 aromatic heterocycles. The van der Waals surface area contributed by atoms with Crippen LogP contribution in [0.2, 0.25) is 5.02 Å². The summed E-state index contributed by atoms with van der Waals surface area (Å²) in [6, 6.07) is 2.77. The van der Waals surface area contributed by atoms with Gasteiger partial charge < -0.3 is 14.8 Å². The third kappa shape index (κ3) is 2.20. The molecule has 20 heavy (non-hydrogen) atoms. The van der Waals surface area contributed by atoms with E-state index in [1.54, 1.807) is 11.5 Å². The largest absolute Gasteiger partial charge is 0.369 e. The van der Waals surface area contributed by atoms with E-state index in [2.05, 4.69) is 15.1 Å². The number of halogens is 2. The number of nitrogens with two attached hydrogens (primary N) is 1. The summed E-state index contributed by atoms with van der Waals surface area (Å²) in [7, 11) is 0. The fourth-order valence-corrected chi connectivity index (χ4v) is 2.18. The highest BCUT2D eigenvalue weighted by atomic mass is 35.5. The number of nitrogens with zero attached hydrogens (tertiary/aromatic N) is 4. The Morgan fingerprint density at radius 3 is 2.90 bits per heavy atom. The first-order chi connectivity index (χ1) is 9.54. The van der Waals surface area contributed by atoms with Gasteiger partial charge in [-0.3, -0.25) is 0 Å². The molecule has 0 bridgehead atoms. The summed E-state index contributed by atoms with van der Waals surface area (Å²) < 4.78 is 20.2. The van der Waals surface area contributed by atoms with E-state index in [-0.39, 0.29) is 11.0 Å². The van der Waals surface area contributed by atoms with E-state index in [0.717, 1.165) is 0 Å². The highest BCUT2D eigenvalue weighted by Gasteiger charge is 2.13. The molecule has 0 unspecified atom stereocenters. The van der Waals surface area contributed by atoms with E-state index in [1.807, 2.05) is 0 Å². The van der Waals surface area contributed by atoms with Gasteiger partial charge in [0, 0.05) is 19.0 Å². The van der Waals surface area contributed by atoms with E-state index in [1.165, 1.54) is 12.1 Å². The van der Waals surface area contributed by atoms with Gasteiger partial charge >= 0.3 is 0 Å². The van der Waals surface area contributed by atoms with Crippen molar-refractivity contribution in [1.82, 2.24) is 19.7 Å². The SMILES string of the molecule is Cc1noc(CCn2c(N)nc3cc(F)c(Cl)cc32)n1. The van der Waals surface area contributed by atoms with Gasteiger partial charge in [-0.25, -0.2) is 9.37 Å². The van der Waals surface area contributed by atoms with Crippen LogP contribution in [0.4, 0.5) is 10.3 Å². The van der Waals surface area contributed by atoms with Crippen molar-refractivity contribution in [3.8, 4) is 0 Å². The average molecular weight is 296 g/mol. The van der Waals surface area contributed by atoms with Crippen molar-refractivity contribution in [2.24, 2.45) is 0 Å². The van der Waals surface area contributed by atoms with E-state index in [4.69, 9.17) is 21.9 Å². The van der Waals surface area contributed by atoms with Gasteiger partial charge in [-0.1, -0.05) is 16.8 Å². The van der Waals surface area contributed by atoms with Crippen LogP contribution in [0.5, 0.6) is 0 Å². The molecule has 6 nitrogen and oxygen atoms in total. The highest BCUT2D eigenvalue weighted by molar-refractivity contribution is 6.31.